The van der Waals surface area contributed by atoms with Crippen LogP contribution < -0.4 is 10.9 Å². The lowest BCUT2D eigenvalue weighted by Crippen LogP contribution is -2.45. The van der Waals surface area contributed by atoms with Gasteiger partial charge in [-0.1, -0.05) is 30.3 Å². The van der Waals surface area contributed by atoms with Crippen LogP contribution in [0.2, 0.25) is 0 Å². The highest BCUT2D eigenvalue weighted by molar-refractivity contribution is 5.97. The molecule has 2 aromatic carbocycles. The summed E-state index contributed by atoms with van der Waals surface area (Å²) in [5.41, 5.74) is 0.810. The molecule has 1 heterocycles. The summed E-state index contributed by atoms with van der Waals surface area (Å²) in [4.78, 5) is 45.4. The van der Waals surface area contributed by atoms with Crippen LogP contribution in [0.3, 0.4) is 0 Å². The molecular formula is C20H20N4O3. The fourth-order valence-electron chi connectivity index (χ4n) is 2.77. The zero-order valence-corrected chi connectivity index (χ0v) is 15.1. The third kappa shape index (κ3) is 4.20. The first kappa shape index (κ1) is 18.3. The summed E-state index contributed by atoms with van der Waals surface area (Å²) in [6.45, 7) is 1.75. The highest BCUT2D eigenvalue weighted by atomic mass is 16.2. The minimum Gasteiger partial charge on any atom is -0.341 e. The normalized spacial score (nSPS) is 11.8. The molecule has 1 aromatic heterocycles. The lowest BCUT2D eigenvalue weighted by atomic mass is 10.2. The van der Waals surface area contributed by atoms with E-state index in [9.17, 15) is 14.4 Å². The summed E-state index contributed by atoms with van der Waals surface area (Å²) in [5.74, 6) is -0.215. The lowest BCUT2D eigenvalue weighted by molar-refractivity contribution is -0.132. The molecule has 0 aliphatic heterocycles. The summed E-state index contributed by atoms with van der Waals surface area (Å²) in [7, 11) is 1.60. The van der Waals surface area contributed by atoms with Crippen LogP contribution in [-0.4, -0.2) is 39.8 Å². The highest BCUT2D eigenvalue weighted by Gasteiger charge is 2.21. The number of H-pyrrole nitrogens is 1. The Morgan fingerprint density at radius 1 is 1.11 bits per heavy atom. The molecular weight excluding hydrogens is 344 g/mol. The number of para-hydroxylation sites is 1. The van der Waals surface area contributed by atoms with E-state index in [0.717, 1.165) is 0 Å². The summed E-state index contributed by atoms with van der Waals surface area (Å²) >= 11 is 0. The van der Waals surface area contributed by atoms with Gasteiger partial charge in [0, 0.05) is 12.6 Å². The molecule has 7 nitrogen and oxygen atoms in total. The number of aromatic amines is 1. The van der Waals surface area contributed by atoms with Gasteiger partial charge in [-0.3, -0.25) is 14.4 Å². The smallest absolute Gasteiger partial charge is 0.258 e. The molecule has 1 atom stereocenters. The molecule has 0 aliphatic carbocycles. The van der Waals surface area contributed by atoms with Crippen LogP contribution in [0.25, 0.3) is 10.9 Å². The first-order valence-electron chi connectivity index (χ1n) is 8.54. The van der Waals surface area contributed by atoms with Crippen molar-refractivity contribution >= 4 is 22.7 Å². The Hall–Kier alpha value is -3.48. The van der Waals surface area contributed by atoms with Crippen molar-refractivity contribution in [3.8, 4) is 0 Å². The molecule has 0 fully saturated rings. The van der Waals surface area contributed by atoms with Crippen LogP contribution >= 0.6 is 0 Å². The van der Waals surface area contributed by atoms with E-state index in [4.69, 9.17) is 0 Å². The van der Waals surface area contributed by atoms with E-state index in [1.54, 1.807) is 62.5 Å². The topological polar surface area (TPSA) is 95.2 Å². The quantitative estimate of drug-likeness (QED) is 0.720. The molecule has 2 amide bonds. The van der Waals surface area contributed by atoms with Crippen LogP contribution in [0.4, 0.5) is 0 Å². The molecule has 3 aromatic rings. The van der Waals surface area contributed by atoms with Crippen LogP contribution in [0.5, 0.6) is 0 Å². The number of amides is 2. The number of aromatic nitrogens is 2. The average Bonchev–Trinajstić information content (AvgIpc) is 2.68. The fraction of sp³-hybridized carbons (Fsp3) is 0.200. The largest absolute Gasteiger partial charge is 0.341 e. The van der Waals surface area contributed by atoms with Gasteiger partial charge in [-0.2, -0.15) is 0 Å². The molecule has 138 valence electrons. The fourth-order valence-corrected chi connectivity index (χ4v) is 2.77. The van der Waals surface area contributed by atoms with Crippen molar-refractivity contribution in [3.63, 3.8) is 0 Å². The van der Waals surface area contributed by atoms with E-state index in [1.807, 2.05) is 6.07 Å². The van der Waals surface area contributed by atoms with Gasteiger partial charge in [-0.15, -0.1) is 0 Å². The Bertz CT molecular complexity index is 1030. The van der Waals surface area contributed by atoms with Crippen molar-refractivity contribution in [2.75, 3.05) is 7.05 Å². The Kier molecular flexibility index (Phi) is 5.30. The molecule has 0 saturated carbocycles. The maximum atomic E-state index is 12.6. The maximum absolute atomic E-state index is 12.6. The summed E-state index contributed by atoms with van der Waals surface area (Å²) in [6, 6.07) is 15.0. The molecule has 0 unspecified atom stereocenters. The Morgan fingerprint density at radius 3 is 2.52 bits per heavy atom. The van der Waals surface area contributed by atoms with Gasteiger partial charge in [0.25, 0.3) is 11.5 Å². The first-order valence-corrected chi connectivity index (χ1v) is 8.54. The molecule has 0 radical (unpaired) electrons. The second-order valence-corrected chi connectivity index (χ2v) is 6.29. The number of carbonyl (C=O) groups is 2. The van der Waals surface area contributed by atoms with Crippen LogP contribution in [-0.2, 0) is 11.3 Å². The molecule has 3 rings (SSSR count). The van der Waals surface area contributed by atoms with Crippen molar-refractivity contribution < 1.29 is 9.59 Å². The molecule has 7 heteroatoms. The Balaban J connectivity index is 1.68. The summed E-state index contributed by atoms with van der Waals surface area (Å²) in [6.07, 6.45) is 0. The summed E-state index contributed by atoms with van der Waals surface area (Å²) < 4.78 is 0. The van der Waals surface area contributed by atoms with Crippen molar-refractivity contribution in [2.24, 2.45) is 0 Å². The maximum Gasteiger partial charge on any atom is 0.258 e. The van der Waals surface area contributed by atoms with E-state index in [1.165, 1.54) is 4.90 Å². The third-order valence-corrected chi connectivity index (χ3v) is 4.18. The van der Waals surface area contributed by atoms with Gasteiger partial charge in [0.15, 0.2) is 0 Å². The van der Waals surface area contributed by atoms with Crippen LogP contribution in [0.1, 0.15) is 23.1 Å². The zero-order valence-electron chi connectivity index (χ0n) is 15.1. The number of likely N-dealkylation sites (N-methyl/N-ethyl adjacent to an activating group) is 1. The van der Waals surface area contributed by atoms with E-state index < -0.39 is 6.04 Å². The molecule has 0 spiro atoms. The number of hydrogen-bond donors (Lipinski definition) is 2. The van der Waals surface area contributed by atoms with Crippen LogP contribution in [0.15, 0.2) is 59.4 Å². The monoisotopic (exact) mass is 364 g/mol. The van der Waals surface area contributed by atoms with E-state index in [0.29, 0.717) is 22.3 Å². The van der Waals surface area contributed by atoms with Crippen molar-refractivity contribution in [1.82, 2.24) is 20.2 Å². The number of carbonyl (C=O) groups excluding carboxylic acids is 2. The van der Waals surface area contributed by atoms with Gasteiger partial charge < -0.3 is 15.2 Å². The number of rotatable bonds is 5. The molecule has 0 bridgehead atoms. The minimum atomic E-state index is -0.713. The molecule has 0 aliphatic rings. The highest BCUT2D eigenvalue weighted by Crippen LogP contribution is 2.07. The van der Waals surface area contributed by atoms with E-state index in [2.05, 4.69) is 15.3 Å². The summed E-state index contributed by atoms with van der Waals surface area (Å²) in [5, 5.41) is 3.18. The Morgan fingerprint density at radius 2 is 1.78 bits per heavy atom. The van der Waals surface area contributed by atoms with E-state index >= 15 is 0 Å². The minimum absolute atomic E-state index is 0.129. The van der Waals surface area contributed by atoms with E-state index in [-0.39, 0.29) is 23.9 Å². The number of nitrogens with one attached hydrogen (secondary N) is 2. The molecule has 2 N–H and O–H groups in total. The third-order valence-electron chi connectivity index (χ3n) is 4.18. The second-order valence-electron chi connectivity index (χ2n) is 6.29. The number of nitrogens with zero attached hydrogens (tertiary/aromatic N) is 2. The zero-order chi connectivity index (χ0) is 19.4. The predicted molar refractivity (Wildman–Crippen MR) is 102 cm³/mol. The Labute approximate surface area is 156 Å². The van der Waals surface area contributed by atoms with Gasteiger partial charge in [0.2, 0.25) is 5.91 Å². The van der Waals surface area contributed by atoms with Gasteiger partial charge >= 0.3 is 0 Å². The predicted octanol–water partition coefficient (Wildman–Crippen LogP) is 1.70. The SMILES string of the molecule is C[C@@H](NC(=O)c1ccccc1)C(=O)N(C)Cc1nc2ccccc2c(=O)[nH]1. The van der Waals surface area contributed by atoms with Crippen LogP contribution in [0, 0.1) is 0 Å². The van der Waals surface area contributed by atoms with Crippen molar-refractivity contribution in [2.45, 2.75) is 19.5 Å². The van der Waals surface area contributed by atoms with Gasteiger partial charge in [0.1, 0.15) is 11.9 Å². The number of hydrogen-bond acceptors (Lipinski definition) is 4. The molecule has 27 heavy (non-hydrogen) atoms. The van der Waals surface area contributed by atoms with Gasteiger partial charge in [-0.05, 0) is 31.2 Å². The number of fused-ring (bicyclic) bond motifs is 1. The van der Waals surface area contributed by atoms with Crippen molar-refractivity contribution in [3.05, 3.63) is 76.3 Å². The second kappa shape index (κ2) is 7.82. The first-order chi connectivity index (χ1) is 13.0. The standard InChI is InChI=1S/C20H20N4O3/c1-13(21-18(25)14-8-4-3-5-9-14)20(27)24(2)12-17-22-16-11-7-6-10-15(16)19(26)23-17/h3-11,13H,12H2,1-2H3,(H,21,25)(H,22,23,26)/t13-/m1/s1. The van der Waals surface area contributed by atoms with Gasteiger partial charge in [-0.25, -0.2) is 4.98 Å². The van der Waals surface area contributed by atoms with Gasteiger partial charge in [0.05, 0.1) is 17.4 Å². The lowest BCUT2D eigenvalue weighted by Gasteiger charge is -2.21. The average molecular weight is 364 g/mol. The van der Waals surface area contributed by atoms with Crippen molar-refractivity contribution in [1.29, 1.82) is 0 Å². The molecule has 0 saturated heterocycles. The number of benzene rings is 2.